The van der Waals surface area contributed by atoms with E-state index in [2.05, 4.69) is 0 Å². The molecule has 0 spiro atoms. The molecule has 4 heteroatoms. The van der Waals surface area contributed by atoms with Crippen LogP contribution in [0.15, 0.2) is 24.3 Å². The molecule has 1 aromatic carbocycles. The van der Waals surface area contributed by atoms with Gasteiger partial charge in [-0.25, -0.2) is 0 Å². The van der Waals surface area contributed by atoms with Crippen LogP contribution in [0.4, 0.5) is 0 Å². The molecule has 0 bridgehead atoms. The first-order valence-corrected chi connectivity index (χ1v) is 6.61. The van der Waals surface area contributed by atoms with Crippen LogP contribution >= 0.6 is 11.6 Å². The summed E-state index contributed by atoms with van der Waals surface area (Å²) in [5.41, 5.74) is 7.15. The van der Waals surface area contributed by atoms with E-state index in [0.717, 1.165) is 12.0 Å². The van der Waals surface area contributed by atoms with E-state index >= 15 is 0 Å². The average molecular weight is 272 g/mol. The highest BCUT2D eigenvalue weighted by atomic mass is 35.5. The molecule has 0 aliphatic carbocycles. The summed E-state index contributed by atoms with van der Waals surface area (Å²) >= 11 is 6.01. The highest BCUT2D eigenvalue weighted by Crippen LogP contribution is 2.26. The Labute approximate surface area is 114 Å². The number of halogens is 1. The zero-order valence-corrected chi connectivity index (χ0v) is 12.0. The van der Waals surface area contributed by atoms with Gasteiger partial charge in [0.2, 0.25) is 0 Å². The van der Waals surface area contributed by atoms with Crippen molar-refractivity contribution in [2.45, 2.75) is 38.5 Å². The summed E-state index contributed by atoms with van der Waals surface area (Å²) in [5, 5.41) is 0.698. The van der Waals surface area contributed by atoms with Gasteiger partial charge < -0.3 is 15.2 Å². The van der Waals surface area contributed by atoms with Gasteiger partial charge in [-0.05, 0) is 31.0 Å². The Balaban J connectivity index is 2.84. The number of methoxy groups -OCH3 is 1. The smallest absolute Gasteiger partial charge is 0.0980 e. The predicted molar refractivity (Wildman–Crippen MR) is 74.9 cm³/mol. The molecule has 3 nitrogen and oxygen atoms in total. The molecular formula is C14H22ClNO2. The van der Waals surface area contributed by atoms with Crippen LogP contribution in [0.25, 0.3) is 0 Å². The number of hydrogen-bond donors (Lipinski definition) is 1. The second kappa shape index (κ2) is 7.74. The number of rotatable bonds is 7. The Kier molecular flexibility index (Phi) is 6.65. The Hall–Kier alpha value is -0.610. The Morgan fingerprint density at radius 2 is 2.11 bits per heavy atom. The van der Waals surface area contributed by atoms with Crippen LogP contribution in [0, 0.1) is 0 Å². The fourth-order valence-electron chi connectivity index (χ4n) is 1.85. The second-order valence-electron chi connectivity index (χ2n) is 4.45. The molecule has 3 atom stereocenters. The van der Waals surface area contributed by atoms with Crippen molar-refractivity contribution in [1.82, 2.24) is 0 Å². The molecule has 0 amide bonds. The van der Waals surface area contributed by atoms with Gasteiger partial charge in [0, 0.05) is 18.2 Å². The third-order valence-electron chi connectivity index (χ3n) is 2.82. The SMILES string of the molecule is CCC(N)C(OC(C)COC)c1cccc(Cl)c1. The van der Waals surface area contributed by atoms with Crippen molar-refractivity contribution in [3.63, 3.8) is 0 Å². The maximum Gasteiger partial charge on any atom is 0.0980 e. The van der Waals surface area contributed by atoms with Crippen LogP contribution < -0.4 is 5.73 Å². The minimum absolute atomic E-state index is 0.00317. The highest BCUT2D eigenvalue weighted by Gasteiger charge is 2.22. The van der Waals surface area contributed by atoms with Gasteiger partial charge in [0.25, 0.3) is 0 Å². The second-order valence-corrected chi connectivity index (χ2v) is 4.89. The van der Waals surface area contributed by atoms with Gasteiger partial charge in [-0.1, -0.05) is 30.7 Å². The van der Waals surface area contributed by atoms with Crippen LogP contribution in [0.1, 0.15) is 31.9 Å². The minimum Gasteiger partial charge on any atom is -0.382 e. The molecule has 102 valence electrons. The number of hydrogen-bond acceptors (Lipinski definition) is 3. The monoisotopic (exact) mass is 271 g/mol. The number of nitrogens with two attached hydrogens (primary N) is 1. The molecule has 3 unspecified atom stereocenters. The van der Waals surface area contributed by atoms with Crippen LogP contribution in [-0.2, 0) is 9.47 Å². The molecule has 0 radical (unpaired) electrons. The van der Waals surface area contributed by atoms with Gasteiger partial charge >= 0.3 is 0 Å². The largest absolute Gasteiger partial charge is 0.382 e. The van der Waals surface area contributed by atoms with Crippen molar-refractivity contribution in [1.29, 1.82) is 0 Å². The van der Waals surface area contributed by atoms with Crippen LogP contribution in [-0.4, -0.2) is 25.9 Å². The van der Waals surface area contributed by atoms with Gasteiger partial charge in [-0.15, -0.1) is 0 Å². The first-order chi connectivity index (χ1) is 8.58. The molecule has 2 N–H and O–H groups in total. The van der Waals surface area contributed by atoms with E-state index in [0.29, 0.717) is 11.6 Å². The van der Waals surface area contributed by atoms with Gasteiger partial charge in [-0.3, -0.25) is 0 Å². The van der Waals surface area contributed by atoms with E-state index in [4.69, 9.17) is 26.8 Å². The van der Waals surface area contributed by atoms with Crippen molar-refractivity contribution >= 4 is 11.6 Å². The van der Waals surface area contributed by atoms with Crippen molar-refractivity contribution in [2.75, 3.05) is 13.7 Å². The molecule has 0 saturated carbocycles. The molecule has 0 aliphatic heterocycles. The molecule has 18 heavy (non-hydrogen) atoms. The maximum atomic E-state index is 6.13. The Morgan fingerprint density at radius 3 is 2.67 bits per heavy atom. The molecule has 0 saturated heterocycles. The third kappa shape index (κ3) is 4.58. The first-order valence-electron chi connectivity index (χ1n) is 6.23. The van der Waals surface area contributed by atoms with Crippen molar-refractivity contribution in [3.8, 4) is 0 Å². The summed E-state index contributed by atoms with van der Waals surface area (Å²) < 4.78 is 11.1. The van der Waals surface area contributed by atoms with E-state index in [1.54, 1.807) is 7.11 Å². The standard InChI is InChI=1S/C14H22ClNO2/c1-4-13(16)14(18-10(2)9-17-3)11-6-5-7-12(15)8-11/h5-8,10,13-14H,4,9,16H2,1-3H3. The van der Waals surface area contributed by atoms with Crippen LogP contribution in [0.3, 0.4) is 0 Å². The third-order valence-corrected chi connectivity index (χ3v) is 3.05. The van der Waals surface area contributed by atoms with Crippen LogP contribution in [0.2, 0.25) is 5.02 Å². The molecule has 1 rings (SSSR count). The normalized spacial score (nSPS) is 16.3. The zero-order valence-electron chi connectivity index (χ0n) is 11.2. The van der Waals surface area contributed by atoms with E-state index in [9.17, 15) is 0 Å². The maximum absolute atomic E-state index is 6.13. The molecule has 1 aromatic rings. The lowest BCUT2D eigenvalue weighted by Gasteiger charge is -2.27. The minimum atomic E-state index is -0.154. The molecule has 0 heterocycles. The fourth-order valence-corrected chi connectivity index (χ4v) is 2.05. The lowest BCUT2D eigenvalue weighted by Crippen LogP contribution is -2.32. The summed E-state index contributed by atoms with van der Waals surface area (Å²) in [5.74, 6) is 0. The van der Waals surface area contributed by atoms with Gasteiger partial charge in [-0.2, -0.15) is 0 Å². The Bertz CT molecular complexity index is 359. The number of ether oxygens (including phenoxy) is 2. The van der Waals surface area contributed by atoms with E-state index in [-0.39, 0.29) is 18.2 Å². The summed E-state index contributed by atoms with van der Waals surface area (Å²) in [4.78, 5) is 0. The lowest BCUT2D eigenvalue weighted by atomic mass is 10.0. The first kappa shape index (κ1) is 15.4. The van der Waals surface area contributed by atoms with Crippen molar-refractivity contribution in [2.24, 2.45) is 5.73 Å². The van der Waals surface area contributed by atoms with Crippen molar-refractivity contribution < 1.29 is 9.47 Å². The summed E-state index contributed by atoms with van der Waals surface area (Å²) in [6, 6.07) is 7.60. The average Bonchev–Trinajstić information content (AvgIpc) is 2.35. The molecule has 0 fully saturated rings. The topological polar surface area (TPSA) is 44.5 Å². The molecule has 0 aliphatic rings. The Morgan fingerprint density at radius 1 is 1.39 bits per heavy atom. The van der Waals surface area contributed by atoms with E-state index in [1.807, 2.05) is 38.1 Å². The lowest BCUT2D eigenvalue weighted by molar-refractivity contribution is -0.0507. The summed E-state index contributed by atoms with van der Waals surface area (Å²) in [6.45, 7) is 4.57. The van der Waals surface area contributed by atoms with Crippen LogP contribution in [0.5, 0.6) is 0 Å². The molecular weight excluding hydrogens is 250 g/mol. The van der Waals surface area contributed by atoms with E-state index < -0.39 is 0 Å². The van der Waals surface area contributed by atoms with E-state index in [1.165, 1.54) is 0 Å². The highest BCUT2D eigenvalue weighted by molar-refractivity contribution is 6.30. The fraction of sp³-hybridized carbons (Fsp3) is 0.571. The summed E-state index contributed by atoms with van der Waals surface area (Å²) in [6.07, 6.45) is 0.687. The van der Waals surface area contributed by atoms with Gasteiger partial charge in [0.15, 0.2) is 0 Å². The van der Waals surface area contributed by atoms with Gasteiger partial charge in [0.05, 0.1) is 18.8 Å². The summed E-state index contributed by atoms with van der Waals surface area (Å²) in [7, 11) is 1.66. The predicted octanol–water partition coefficient (Wildman–Crippen LogP) is 3.17. The van der Waals surface area contributed by atoms with Gasteiger partial charge in [0.1, 0.15) is 0 Å². The molecule has 0 aromatic heterocycles. The zero-order chi connectivity index (χ0) is 13.5. The quantitative estimate of drug-likeness (QED) is 0.828. The number of benzene rings is 1. The van der Waals surface area contributed by atoms with Crippen molar-refractivity contribution in [3.05, 3.63) is 34.9 Å².